The molecule has 0 aromatic rings. The van der Waals surface area contributed by atoms with Crippen molar-refractivity contribution in [2.75, 3.05) is 14.2 Å². The van der Waals surface area contributed by atoms with E-state index in [2.05, 4.69) is 104 Å². The summed E-state index contributed by atoms with van der Waals surface area (Å²) >= 11 is 0. The Balaban J connectivity index is 7.06. The molecule has 0 saturated carbocycles. The van der Waals surface area contributed by atoms with Crippen LogP contribution >= 0.6 is 0 Å². The molecule has 4 N–H and O–H groups in total. The van der Waals surface area contributed by atoms with Crippen LogP contribution in [0, 0.1) is 56.2 Å². The summed E-state index contributed by atoms with van der Waals surface area (Å²) in [4.78, 5) is 36.3. The number of carbonyl (C=O) groups excluding carboxylic acids is 2. The molecule has 0 amide bonds. The van der Waals surface area contributed by atoms with E-state index >= 15 is 0 Å². The maximum absolute atomic E-state index is 13.8. The van der Waals surface area contributed by atoms with Gasteiger partial charge >= 0.3 is 11.9 Å². The SMILES string of the molecule is CCC(C(CC(CC)C(C)(C)C(C)(C)C(C)(CC)C(CC(C)(CC)C(C)C(=O)ON)OC)C(=O)ON)C(C)(CC)CC(OC)C(C)(C)CC. The molecule has 0 bridgehead atoms. The lowest BCUT2D eigenvalue weighted by atomic mass is 9.46. The summed E-state index contributed by atoms with van der Waals surface area (Å²) in [5.74, 6) is 9.83. The first kappa shape index (κ1) is 47.8. The predicted octanol–water partition coefficient (Wildman–Crippen LogP) is 10.1. The van der Waals surface area contributed by atoms with E-state index < -0.39 is 5.97 Å². The van der Waals surface area contributed by atoms with Crippen LogP contribution in [0.4, 0.5) is 0 Å². The minimum atomic E-state index is -0.402. The molecule has 8 heteroatoms. The molecule has 0 heterocycles. The average Bonchev–Trinajstić information content (AvgIpc) is 3.08. The molecule has 8 nitrogen and oxygen atoms in total. The van der Waals surface area contributed by atoms with Crippen LogP contribution in [-0.2, 0) is 28.7 Å². The van der Waals surface area contributed by atoms with Gasteiger partial charge in [0, 0.05) is 14.2 Å². The second kappa shape index (κ2) is 19.0. The van der Waals surface area contributed by atoms with Crippen molar-refractivity contribution in [3.8, 4) is 0 Å². The van der Waals surface area contributed by atoms with Crippen molar-refractivity contribution in [2.45, 2.75) is 181 Å². The van der Waals surface area contributed by atoms with Crippen LogP contribution in [0.5, 0.6) is 0 Å². The normalized spacial score (nSPS) is 20.5. The van der Waals surface area contributed by atoms with Crippen LogP contribution in [-0.4, -0.2) is 38.4 Å². The maximum Gasteiger partial charge on any atom is 0.327 e. The quantitative estimate of drug-likeness (QED) is 0.0955. The zero-order chi connectivity index (χ0) is 38.8. The summed E-state index contributed by atoms with van der Waals surface area (Å²) in [5, 5.41) is 0. The Bertz CT molecular complexity index is 1010. The third-order valence-electron chi connectivity index (χ3n) is 15.6. The molecule has 0 rings (SSSR count). The molecule has 0 fully saturated rings. The van der Waals surface area contributed by atoms with E-state index in [0.29, 0.717) is 12.8 Å². The number of ether oxygens (including phenoxy) is 2. The standard InChI is InChI=1S/C41H82N2O6/c1-19-29(25-30(35(45)49-43)31(20-2)40(15,23-5)26-32(46-17)36(8,9)21-3)37(10,11)38(12,13)41(16,24-6)33(47-18)27-39(14,22-4)28(7)34(44)48-42/h28-33H,19-27,42-43H2,1-18H3. The molecular formula is C41H82N2O6. The second-order valence-electron chi connectivity index (χ2n) is 17.9. The fraction of sp³-hybridized carbons (Fsp3) is 0.951. The van der Waals surface area contributed by atoms with E-state index in [9.17, 15) is 9.59 Å². The monoisotopic (exact) mass is 699 g/mol. The van der Waals surface area contributed by atoms with E-state index in [1.165, 1.54) is 0 Å². The van der Waals surface area contributed by atoms with Gasteiger partial charge in [0.2, 0.25) is 0 Å². The van der Waals surface area contributed by atoms with Crippen LogP contribution in [0.2, 0.25) is 0 Å². The second-order valence-corrected chi connectivity index (χ2v) is 17.9. The molecule has 0 spiro atoms. The van der Waals surface area contributed by atoms with Crippen LogP contribution < -0.4 is 11.8 Å². The van der Waals surface area contributed by atoms with Crippen molar-refractivity contribution < 1.29 is 28.7 Å². The number of methoxy groups -OCH3 is 2. The van der Waals surface area contributed by atoms with Gasteiger partial charge in [-0.15, -0.1) is 0 Å². The molecule has 9 unspecified atom stereocenters. The molecule has 9 atom stereocenters. The molecular weight excluding hydrogens is 616 g/mol. The Hall–Kier alpha value is -1.22. The van der Waals surface area contributed by atoms with Crippen molar-refractivity contribution in [3.63, 3.8) is 0 Å². The first-order chi connectivity index (χ1) is 22.5. The number of hydrogen-bond acceptors (Lipinski definition) is 8. The minimum absolute atomic E-state index is 0.00406. The molecule has 0 aliphatic heterocycles. The lowest BCUT2D eigenvalue weighted by Gasteiger charge is -2.60. The van der Waals surface area contributed by atoms with Gasteiger partial charge in [0.05, 0.1) is 24.0 Å². The van der Waals surface area contributed by atoms with E-state index in [0.717, 1.165) is 44.9 Å². The Morgan fingerprint density at radius 3 is 1.45 bits per heavy atom. The number of carbonyl (C=O) groups is 2. The molecule has 0 saturated heterocycles. The summed E-state index contributed by atoms with van der Waals surface area (Å²) in [6.07, 6.45) is 7.44. The van der Waals surface area contributed by atoms with Gasteiger partial charge in [-0.3, -0.25) is 9.59 Å². The predicted molar refractivity (Wildman–Crippen MR) is 203 cm³/mol. The van der Waals surface area contributed by atoms with Crippen molar-refractivity contribution in [1.82, 2.24) is 0 Å². The van der Waals surface area contributed by atoms with Crippen LogP contribution in [0.3, 0.4) is 0 Å². The highest BCUT2D eigenvalue weighted by molar-refractivity contribution is 5.73. The lowest BCUT2D eigenvalue weighted by molar-refractivity contribution is -0.170. The molecule has 49 heavy (non-hydrogen) atoms. The number of rotatable bonds is 24. The van der Waals surface area contributed by atoms with E-state index in [1.54, 1.807) is 7.11 Å². The summed E-state index contributed by atoms with van der Waals surface area (Å²) in [5.41, 5.74) is -1.32. The van der Waals surface area contributed by atoms with Crippen molar-refractivity contribution in [3.05, 3.63) is 0 Å². The van der Waals surface area contributed by atoms with Gasteiger partial charge in [0.25, 0.3) is 0 Å². The lowest BCUT2D eigenvalue weighted by Crippen LogP contribution is -2.56. The topological polar surface area (TPSA) is 123 Å². The molecule has 0 aliphatic carbocycles. The Morgan fingerprint density at radius 2 is 1.10 bits per heavy atom. The van der Waals surface area contributed by atoms with Gasteiger partial charge < -0.3 is 19.1 Å². The van der Waals surface area contributed by atoms with Gasteiger partial charge in [-0.25, -0.2) is 0 Å². The third-order valence-corrected chi connectivity index (χ3v) is 15.6. The van der Waals surface area contributed by atoms with Crippen LogP contribution in [0.1, 0.15) is 169 Å². The third kappa shape index (κ3) is 10.0. The van der Waals surface area contributed by atoms with Crippen molar-refractivity contribution in [2.24, 2.45) is 68.0 Å². The van der Waals surface area contributed by atoms with Crippen LogP contribution in [0.25, 0.3) is 0 Å². The van der Waals surface area contributed by atoms with Gasteiger partial charge in [-0.1, -0.05) is 130 Å². The van der Waals surface area contributed by atoms with E-state index in [-0.39, 0.29) is 74.3 Å². The first-order valence-electron chi connectivity index (χ1n) is 19.3. The number of hydrogen-bond donors (Lipinski definition) is 2. The fourth-order valence-electron chi connectivity index (χ4n) is 9.27. The molecule has 292 valence electrons. The summed E-state index contributed by atoms with van der Waals surface area (Å²) < 4.78 is 12.6. The summed E-state index contributed by atoms with van der Waals surface area (Å²) in [6, 6.07) is 0. The van der Waals surface area contributed by atoms with Gasteiger partial charge in [0.15, 0.2) is 0 Å². The summed E-state index contributed by atoms with van der Waals surface area (Å²) in [6.45, 7) is 36.0. The smallest absolute Gasteiger partial charge is 0.327 e. The highest BCUT2D eigenvalue weighted by Crippen LogP contribution is 2.62. The first-order valence-corrected chi connectivity index (χ1v) is 19.3. The minimum Gasteiger partial charge on any atom is -0.381 e. The maximum atomic E-state index is 13.8. The number of nitrogens with two attached hydrogens (primary N) is 2. The molecule has 0 aromatic carbocycles. The van der Waals surface area contributed by atoms with E-state index in [4.69, 9.17) is 30.9 Å². The zero-order valence-electron chi connectivity index (χ0n) is 35.4. The Morgan fingerprint density at radius 1 is 0.633 bits per heavy atom. The molecule has 0 aromatic heterocycles. The van der Waals surface area contributed by atoms with Crippen molar-refractivity contribution >= 4 is 11.9 Å². The molecule has 0 radical (unpaired) electrons. The Labute approximate surface area is 303 Å². The highest BCUT2D eigenvalue weighted by Gasteiger charge is 2.57. The molecule has 0 aliphatic rings. The fourth-order valence-corrected chi connectivity index (χ4v) is 9.27. The highest BCUT2D eigenvalue weighted by atomic mass is 16.7. The van der Waals surface area contributed by atoms with Gasteiger partial charge in [-0.2, -0.15) is 11.8 Å². The van der Waals surface area contributed by atoms with Gasteiger partial charge in [-0.05, 0) is 82.9 Å². The van der Waals surface area contributed by atoms with Crippen molar-refractivity contribution in [1.29, 1.82) is 0 Å². The summed E-state index contributed by atoms with van der Waals surface area (Å²) in [7, 11) is 3.60. The Kier molecular flexibility index (Phi) is 18.6. The largest absolute Gasteiger partial charge is 0.381 e. The van der Waals surface area contributed by atoms with E-state index in [1.807, 2.05) is 14.0 Å². The van der Waals surface area contributed by atoms with Crippen LogP contribution in [0.15, 0.2) is 0 Å². The zero-order valence-corrected chi connectivity index (χ0v) is 35.4. The van der Waals surface area contributed by atoms with Gasteiger partial charge in [0.1, 0.15) is 0 Å². The average molecular weight is 699 g/mol.